The molecule has 1 saturated heterocycles. The highest BCUT2D eigenvalue weighted by Gasteiger charge is 2.50. The first-order valence-corrected chi connectivity index (χ1v) is 12.5. The molecule has 3 aliphatic rings. The van der Waals surface area contributed by atoms with Crippen molar-refractivity contribution in [2.24, 2.45) is 5.92 Å². The molecule has 3 heterocycles. The smallest absolute Gasteiger partial charge is 0.252 e. The van der Waals surface area contributed by atoms with Crippen molar-refractivity contribution in [3.8, 4) is 0 Å². The Labute approximate surface area is 202 Å². The van der Waals surface area contributed by atoms with Gasteiger partial charge in [-0.05, 0) is 32.1 Å². The zero-order chi connectivity index (χ0) is 25.0. The van der Waals surface area contributed by atoms with Crippen LogP contribution in [0.5, 0.6) is 0 Å². The number of rotatable bonds is 6. The molecule has 2 saturated carbocycles. The topological polar surface area (TPSA) is 98.2 Å². The highest BCUT2D eigenvalue weighted by Crippen LogP contribution is 2.48. The summed E-state index contributed by atoms with van der Waals surface area (Å²) in [6.07, 6.45) is 1.01. The first-order chi connectivity index (χ1) is 16.6. The van der Waals surface area contributed by atoms with Gasteiger partial charge in [0, 0.05) is 49.1 Å². The van der Waals surface area contributed by atoms with Crippen LogP contribution in [0.15, 0.2) is 9.05 Å². The minimum absolute atomic E-state index is 0.000977. The van der Waals surface area contributed by atoms with Gasteiger partial charge in [-0.15, -0.1) is 0 Å². The van der Waals surface area contributed by atoms with Crippen molar-refractivity contribution in [2.45, 2.75) is 101 Å². The predicted molar refractivity (Wildman–Crippen MR) is 118 cm³/mol. The van der Waals surface area contributed by atoms with E-state index in [0.717, 1.165) is 0 Å². The van der Waals surface area contributed by atoms with Crippen molar-refractivity contribution in [1.29, 1.82) is 0 Å². The number of hydrogen-bond donors (Lipinski definition) is 0. The highest BCUT2D eigenvalue weighted by molar-refractivity contribution is 5.77. The molecule has 0 radical (unpaired) electrons. The van der Waals surface area contributed by atoms with Crippen LogP contribution < -0.4 is 0 Å². The van der Waals surface area contributed by atoms with Gasteiger partial charge in [-0.25, -0.2) is 13.2 Å². The maximum absolute atomic E-state index is 15.0. The monoisotopic (exact) mass is 495 g/mol. The van der Waals surface area contributed by atoms with Gasteiger partial charge in [0.25, 0.3) is 5.92 Å². The quantitative estimate of drug-likeness (QED) is 0.563. The van der Waals surface area contributed by atoms with E-state index in [1.54, 1.807) is 4.90 Å². The molecule has 1 aliphatic heterocycles. The van der Waals surface area contributed by atoms with E-state index in [4.69, 9.17) is 9.05 Å². The number of piperidine rings is 1. The molecule has 2 aromatic heterocycles. The highest BCUT2D eigenvalue weighted by atomic mass is 19.3. The summed E-state index contributed by atoms with van der Waals surface area (Å²) < 4.78 is 53.9. The molecule has 0 aromatic carbocycles. The van der Waals surface area contributed by atoms with Crippen molar-refractivity contribution in [3.63, 3.8) is 0 Å². The second-order valence-electron chi connectivity index (χ2n) is 11.0. The number of amides is 1. The Kier molecular flexibility index (Phi) is 6.15. The van der Waals surface area contributed by atoms with E-state index in [9.17, 15) is 9.18 Å². The number of aromatic nitrogens is 4. The number of hydrogen-bond acceptors (Lipinski definition) is 7. The lowest BCUT2D eigenvalue weighted by atomic mass is 9.74. The summed E-state index contributed by atoms with van der Waals surface area (Å²) in [6.45, 7) is 6.62. The summed E-state index contributed by atoms with van der Waals surface area (Å²) in [5.74, 6) is -3.80. The van der Waals surface area contributed by atoms with Crippen molar-refractivity contribution in [2.75, 3.05) is 13.1 Å². The molecule has 0 N–H and O–H groups in total. The molecule has 11 heteroatoms. The van der Waals surface area contributed by atoms with Gasteiger partial charge in [0.05, 0.1) is 5.92 Å². The summed E-state index contributed by atoms with van der Waals surface area (Å²) in [4.78, 5) is 23.6. The van der Waals surface area contributed by atoms with Gasteiger partial charge in [0.15, 0.2) is 11.6 Å². The minimum atomic E-state index is -2.97. The number of halogens is 3. The molecule has 0 unspecified atom stereocenters. The lowest BCUT2D eigenvalue weighted by Crippen LogP contribution is -2.47. The van der Waals surface area contributed by atoms with Crippen LogP contribution in [0, 0.1) is 5.92 Å². The van der Waals surface area contributed by atoms with Gasteiger partial charge in [0.2, 0.25) is 17.7 Å². The molecule has 0 spiro atoms. The average Bonchev–Trinajstić information content (AvgIpc) is 3.22. The van der Waals surface area contributed by atoms with Crippen LogP contribution >= 0.6 is 0 Å². The van der Waals surface area contributed by atoms with Gasteiger partial charge in [0.1, 0.15) is 6.17 Å². The standard InChI is InChI=1S/C24H32F3N5O3/c1-13(2)20-28-19(30-34-20)14-5-4-6-24(26,27)16(14)12-18(33)32-9-7-23(3,8-10-32)22-29-21(35-31-22)15-11-17(15)25/h13-17H,4-12H2,1-3H3/t14-,15+,16+,17-/m0/s1. The SMILES string of the molecule is CC(C)c1nc([C@H]2CCCC(F)(F)[C@@H]2CC(=O)N2CCC(C)(c3noc([C@@H]4C[C@@H]4F)n3)CC2)no1. The maximum atomic E-state index is 15.0. The van der Waals surface area contributed by atoms with Crippen LogP contribution in [-0.2, 0) is 10.2 Å². The molecule has 3 fully saturated rings. The molecule has 35 heavy (non-hydrogen) atoms. The Hall–Kier alpha value is -2.46. The Balaban J connectivity index is 1.24. The van der Waals surface area contributed by atoms with E-state index in [1.165, 1.54) is 0 Å². The summed E-state index contributed by atoms with van der Waals surface area (Å²) in [5.41, 5.74) is -0.408. The zero-order valence-electron chi connectivity index (χ0n) is 20.3. The van der Waals surface area contributed by atoms with Crippen molar-refractivity contribution >= 4 is 5.91 Å². The van der Waals surface area contributed by atoms with Crippen LogP contribution in [0.3, 0.4) is 0 Å². The molecule has 5 rings (SSSR count). The van der Waals surface area contributed by atoms with Gasteiger partial charge >= 0.3 is 0 Å². The predicted octanol–water partition coefficient (Wildman–Crippen LogP) is 4.89. The Bertz CT molecular complexity index is 1060. The van der Waals surface area contributed by atoms with E-state index in [2.05, 4.69) is 20.3 Å². The van der Waals surface area contributed by atoms with Gasteiger partial charge in [-0.2, -0.15) is 9.97 Å². The zero-order valence-corrected chi connectivity index (χ0v) is 20.3. The lowest BCUT2D eigenvalue weighted by molar-refractivity contribution is -0.143. The van der Waals surface area contributed by atoms with Crippen LogP contribution in [0.25, 0.3) is 0 Å². The van der Waals surface area contributed by atoms with Crippen LogP contribution in [-0.4, -0.2) is 56.3 Å². The summed E-state index contributed by atoms with van der Waals surface area (Å²) >= 11 is 0. The van der Waals surface area contributed by atoms with Crippen molar-refractivity contribution < 1.29 is 27.0 Å². The second kappa shape index (κ2) is 8.89. The fraction of sp³-hybridized carbons (Fsp3) is 0.792. The minimum Gasteiger partial charge on any atom is -0.343 e. The molecule has 192 valence electrons. The number of nitrogens with zero attached hydrogens (tertiary/aromatic N) is 5. The first-order valence-electron chi connectivity index (χ1n) is 12.5. The van der Waals surface area contributed by atoms with Crippen LogP contribution in [0.2, 0.25) is 0 Å². The van der Waals surface area contributed by atoms with E-state index in [0.29, 0.717) is 62.8 Å². The molecular weight excluding hydrogens is 463 g/mol. The maximum Gasteiger partial charge on any atom is 0.252 e. The fourth-order valence-corrected chi connectivity index (χ4v) is 5.31. The lowest BCUT2D eigenvalue weighted by Gasteiger charge is -2.40. The van der Waals surface area contributed by atoms with Crippen molar-refractivity contribution in [3.05, 3.63) is 23.4 Å². The third-order valence-electron chi connectivity index (χ3n) is 7.96. The number of carbonyl (C=O) groups is 1. The third-order valence-corrected chi connectivity index (χ3v) is 7.96. The van der Waals surface area contributed by atoms with Crippen LogP contribution in [0.1, 0.15) is 107 Å². The molecule has 0 bridgehead atoms. The van der Waals surface area contributed by atoms with Crippen molar-refractivity contribution in [1.82, 2.24) is 25.2 Å². The number of carbonyl (C=O) groups excluding carboxylic acids is 1. The summed E-state index contributed by atoms with van der Waals surface area (Å²) in [6, 6.07) is 0. The van der Waals surface area contributed by atoms with Gasteiger partial charge in [-0.1, -0.05) is 31.1 Å². The average molecular weight is 496 g/mol. The molecule has 1 amide bonds. The molecule has 2 aromatic rings. The Morgan fingerprint density at radius 2 is 1.83 bits per heavy atom. The normalized spacial score (nSPS) is 30.0. The van der Waals surface area contributed by atoms with E-state index < -0.39 is 29.3 Å². The summed E-state index contributed by atoms with van der Waals surface area (Å²) in [5, 5.41) is 8.05. The molecule has 2 aliphatic carbocycles. The van der Waals surface area contributed by atoms with Crippen LogP contribution in [0.4, 0.5) is 13.2 Å². The van der Waals surface area contributed by atoms with E-state index >= 15 is 8.78 Å². The van der Waals surface area contributed by atoms with Gasteiger partial charge in [-0.3, -0.25) is 4.79 Å². The Morgan fingerprint density at radius 1 is 1.11 bits per heavy atom. The van der Waals surface area contributed by atoms with E-state index in [1.807, 2.05) is 20.8 Å². The second-order valence-corrected chi connectivity index (χ2v) is 11.0. The molecular formula is C24H32F3N5O3. The molecule has 4 atom stereocenters. The number of alkyl halides is 3. The summed E-state index contributed by atoms with van der Waals surface area (Å²) in [7, 11) is 0. The fourth-order valence-electron chi connectivity index (χ4n) is 5.31. The number of likely N-dealkylation sites (tertiary alicyclic amines) is 1. The largest absolute Gasteiger partial charge is 0.343 e. The van der Waals surface area contributed by atoms with E-state index in [-0.39, 0.29) is 36.4 Å². The first kappa shape index (κ1) is 24.2. The third kappa shape index (κ3) is 4.70. The Morgan fingerprint density at radius 3 is 2.46 bits per heavy atom. The van der Waals surface area contributed by atoms with Gasteiger partial charge < -0.3 is 13.9 Å². The molecule has 8 nitrogen and oxygen atoms in total.